The lowest BCUT2D eigenvalue weighted by molar-refractivity contribution is -0.145. The van der Waals surface area contributed by atoms with Crippen molar-refractivity contribution < 1.29 is 23.9 Å². The largest absolute Gasteiger partial charge is 0.499 e. The van der Waals surface area contributed by atoms with Gasteiger partial charge in [0.15, 0.2) is 7.59 Å². The van der Waals surface area contributed by atoms with E-state index >= 15 is 0 Å². The lowest BCUT2D eigenvalue weighted by atomic mass is 10.1. The van der Waals surface area contributed by atoms with Gasteiger partial charge in [-0.15, -0.1) is 0 Å². The molecule has 13 heteroatoms. The molecule has 1 heterocycles. The molecule has 1 aliphatic heterocycles. The summed E-state index contributed by atoms with van der Waals surface area (Å²) in [5, 5.41) is 2.45. The second kappa shape index (κ2) is 11.2. The zero-order valence-electron chi connectivity index (χ0n) is 17.3. The van der Waals surface area contributed by atoms with Gasteiger partial charge in [-0.2, -0.15) is 0 Å². The molecule has 0 fully saturated rings. The van der Waals surface area contributed by atoms with E-state index in [-0.39, 0.29) is 31.4 Å². The minimum absolute atomic E-state index is 0.0401. The first-order valence-corrected chi connectivity index (χ1v) is 11.5. The Labute approximate surface area is 211 Å². The van der Waals surface area contributed by atoms with Gasteiger partial charge in [-0.25, -0.2) is 4.79 Å². The Kier molecular flexibility index (Phi) is 10.4. The van der Waals surface area contributed by atoms with Gasteiger partial charge in [0, 0.05) is 6.08 Å². The first-order chi connectivity index (χ1) is 13.9. The van der Waals surface area contributed by atoms with Crippen molar-refractivity contribution in [1.82, 2.24) is 10.2 Å². The predicted molar refractivity (Wildman–Crippen MR) is 123 cm³/mol. The average Bonchev–Trinajstić information content (AvgIpc) is 2.88. The van der Waals surface area contributed by atoms with Crippen molar-refractivity contribution in [3.63, 3.8) is 0 Å². The van der Waals surface area contributed by atoms with Crippen LogP contribution in [0.4, 0.5) is 4.79 Å². The maximum absolute atomic E-state index is 13.3. The number of alkyl carbamates (subject to hydrolysis) is 1. The highest BCUT2D eigenvalue weighted by molar-refractivity contribution is 6.67. The highest BCUT2D eigenvalue weighted by atomic mass is 35.6. The number of methoxy groups -OCH3 is 1. The lowest BCUT2D eigenvalue weighted by Crippen LogP contribution is -2.53. The number of carbonyl (C=O) groups is 3. The second-order valence-electron chi connectivity index (χ2n) is 7.82. The Morgan fingerprint density at radius 2 is 1.65 bits per heavy atom. The van der Waals surface area contributed by atoms with Crippen molar-refractivity contribution in [3.8, 4) is 0 Å². The number of imide groups is 1. The average molecular weight is 561 g/mol. The Hall–Kier alpha value is -0.310. The molecule has 0 spiro atoms. The van der Waals surface area contributed by atoms with E-state index in [1.807, 2.05) is 0 Å². The van der Waals surface area contributed by atoms with E-state index in [9.17, 15) is 14.4 Å². The quantitative estimate of drug-likeness (QED) is 0.419. The number of alkyl halides is 6. The molecule has 1 N–H and O–H groups in total. The number of hydrogen-bond acceptors (Lipinski definition) is 5. The Morgan fingerprint density at radius 1 is 1.10 bits per heavy atom. The van der Waals surface area contributed by atoms with Crippen LogP contribution in [-0.2, 0) is 19.1 Å². The molecule has 2 atom stereocenters. The molecule has 0 unspecified atom stereocenters. The minimum Gasteiger partial charge on any atom is -0.499 e. The molecule has 31 heavy (non-hydrogen) atoms. The third-order valence-electron chi connectivity index (χ3n) is 4.02. The summed E-state index contributed by atoms with van der Waals surface area (Å²) >= 11 is 34.9. The van der Waals surface area contributed by atoms with E-state index in [4.69, 9.17) is 79.1 Å². The predicted octanol–water partition coefficient (Wildman–Crippen LogP) is 5.45. The van der Waals surface area contributed by atoms with Gasteiger partial charge in [-0.3, -0.25) is 14.5 Å². The molecule has 0 aromatic carbocycles. The topological polar surface area (TPSA) is 84.9 Å². The van der Waals surface area contributed by atoms with E-state index in [2.05, 4.69) is 5.32 Å². The summed E-state index contributed by atoms with van der Waals surface area (Å²) in [6.45, 7) is 4.99. The second-order valence-corrected chi connectivity index (χ2v) is 12.9. The summed E-state index contributed by atoms with van der Waals surface area (Å²) in [7, 11) is 1.36. The summed E-state index contributed by atoms with van der Waals surface area (Å²) in [5.41, 5.74) is -0.811. The van der Waals surface area contributed by atoms with Crippen LogP contribution in [0, 0.1) is 0 Å². The minimum atomic E-state index is -1.67. The molecule has 0 aromatic heterocycles. The fourth-order valence-electron chi connectivity index (χ4n) is 2.78. The summed E-state index contributed by atoms with van der Waals surface area (Å²) < 4.78 is 7.16. The first kappa shape index (κ1) is 28.7. The van der Waals surface area contributed by atoms with Crippen LogP contribution in [0.5, 0.6) is 0 Å². The third kappa shape index (κ3) is 10.4. The smallest absolute Gasteiger partial charge is 0.408 e. The molecule has 1 aliphatic rings. The molecule has 178 valence electrons. The summed E-state index contributed by atoms with van der Waals surface area (Å²) in [6.07, 6.45) is 0.322. The molecule has 0 saturated carbocycles. The van der Waals surface area contributed by atoms with Crippen molar-refractivity contribution in [1.29, 1.82) is 0 Å². The number of amides is 3. The van der Waals surface area contributed by atoms with Gasteiger partial charge in [0.05, 0.1) is 13.2 Å². The van der Waals surface area contributed by atoms with Gasteiger partial charge >= 0.3 is 6.09 Å². The summed E-state index contributed by atoms with van der Waals surface area (Å²) in [6, 6.07) is -2.04. The van der Waals surface area contributed by atoms with Gasteiger partial charge < -0.3 is 14.8 Å². The molecular weight excluding hydrogens is 537 g/mol. The summed E-state index contributed by atoms with van der Waals surface area (Å²) in [5.74, 6) is -1.14. The zero-order valence-corrected chi connectivity index (χ0v) is 21.9. The van der Waals surface area contributed by atoms with Crippen molar-refractivity contribution in [2.24, 2.45) is 0 Å². The van der Waals surface area contributed by atoms with Crippen molar-refractivity contribution in [2.75, 3.05) is 7.11 Å². The lowest BCUT2D eigenvalue weighted by Gasteiger charge is -2.30. The monoisotopic (exact) mass is 558 g/mol. The number of nitrogens with zero attached hydrogens (tertiary/aromatic N) is 1. The molecular formula is C18H24Cl6N2O5. The highest BCUT2D eigenvalue weighted by Crippen LogP contribution is 2.36. The van der Waals surface area contributed by atoms with E-state index in [0.717, 1.165) is 4.90 Å². The SMILES string of the molecule is COC1=CC(=O)N(C(=O)[C@H](CCC(Cl)(Cl)Cl)NC(=O)OC(C)(C)C)[C@@H]1CCC(Cl)(Cl)Cl. The van der Waals surface area contributed by atoms with Gasteiger partial charge in [0.1, 0.15) is 17.4 Å². The van der Waals surface area contributed by atoms with Crippen LogP contribution >= 0.6 is 69.6 Å². The maximum Gasteiger partial charge on any atom is 0.408 e. The molecule has 0 aromatic rings. The number of nitrogens with one attached hydrogen (secondary N) is 1. The Morgan fingerprint density at radius 3 is 2.10 bits per heavy atom. The standard InChI is InChI=1S/C18H24Cl6N2O5/c1-16(2,3)31-15(29)25-10(5-7-17(19,20)21)14(28)26-11(6-8-18(22,23)24)12(30-4)9-13(26)27/h9-11H,5-8H2,1-4H3,(H,25,29)/t10-,11+/m0/s1. The Balaban J connectivity index is 3.12. The van der Waals surface area contributed by atoms with E-state index < -0.39 is 43.2 Å². The van der Waals surface area contributed by atoms with Crippen LogP contribution in [-0.4, -0.2) is 55.2 Å². The van der Waals surface area contributed by atoms with Gasteiger partial charge in [-0.05, 0) is 46.5 Å². The van der Waals surface area contributed by atoms with Crippen molar-refractivity contribution >= 4 is 87.5 Å². The number of halogens is 6. The van der Waals surface area contributed by atoms with Crippen LogP contribution in [0.15, 0.2) is 11.8 Å². The van der Waals surface area contributed by atoms with Gasteiger partial charge in [-0.1, -0.05) is 69.6 Å². The van der Waals surface area contributed by atoms with E-state index in [0.29, 0.717) is 0 Å². The van der Waals surface area contributed by atoms with Gasteiger partial charge in [0.25, 0.3) is 11.8 Å². The highest BCUT2D eigenvalue weighted by Gasteiger charge is 2.43. The fourth-order valence-corrected chi connectivity index (χ4v) is 3.43. The number of rotatable bonds is 7. The first-order valence-electron chi connectivity index (χ1n) is 9.19. The third-order valence-corrected chi connectivity index (χ3v) is 5.16. The Bertz CT molecular complexity index is 712. The van der Waals surface area contributed by atoms with Crippen molar-refractivity contribution in [3.05, 3.63) is 11.8 Å². The van der Waals surface area contributed by atoms with Crippen LogP contribution in [0.25, 0.3) is 0 Å². The fraction of sp³-hybridized carbons (Fsp3) is 0.722. The molecule has 0 radical (unpaired) electrons. The normalized spacial score (nSPS) is 18.5. The molecule has 1 rings (SSSR count). The molecule has 0 saturated heterocycles. The zero-order chi connectivity index (χ0) is 24.2. The number of carbonyl (C=O) groups excluding carboxylic acids is 3. The van der Waals surface area contributed by atoms with Crippen LogP contribution < -0.4 is 5.32 Å². The van der Waals surface area contributed by atoms with Gasteiger partial charge in [0.2, 0.25) is 0 Å². The van der Waals surface area contributed by atoms with Crippen LogP contribution in [0.3, 0.4) is 0 Å². The van der Waals surface area contributed by atoms with Crippen LogP contribution in [0.2, 0.25) is 0 Å². The van der Waals surface area contributed by atoms with E-state index in [1.54, 1.807) is 20.8 Å². The number of ether oxygens (including phenoxy) is 2. The molecule has 0 aliphatic carbocycles. The number of hydrogen-bond donors (Lipinski definition) is 1. The van der Waals surface area contributed by atoms with E-state index in [1.165, 1.54) is 13.2 Å². The van der Waals surface area contributed by atoms with Crippen molar-refractivity contribution in [2.45, 2.75) is 71.7 Å². The molecule has 0 bridgehead atoms. The summed E-state index contributed by atoms with van der Waals surface area (Å²) in [4.78, 5) is 39.1. The molecule has 7 nitrogen and oxygen atoms in total. The maximum atomic E-state index is 13.3. The van der Waals surface area contributed by atoms with Crippen LogP contribution in [0.1, 0.15) is 46.5 Å². The molecule has 3 amide bonds.